The fraction of sp³-hybridized carbons (Fsp3) is 0.310. The Labute approximate surface area is 224 Å². The molecule has 1 N–H and O–H groups in total. The third-order valence-corrected chi connectivity index (χ3v) is 7.90. The van der Waals surface area contributed by atoms with Crippen LogP contribution in [0.2, 0.25) is 0 Å². The molecule has 0 bridgehead atoms. The van der Waals surface area contributed by atoms with Crippen molar-refractivity contribution >= 4 is 27.5 Å². The van der Waals surface area contributed by atoms with E-state index in [2.05, 4.69) is 5.32 Å². The highest BCUT2D eigenvalue weighted by Crippen LogP contribution is 2.27. The van der Waals surface area contributed by atoms with E-state index in [1.54, 1.807) is 56.3 Å². The van der Waals surface area contributed by atoms with E-state index >= 15 is 0 Å². The molecule has 0 aliphatic carbocycles. The molecule has 0 spiro atoms. The number of halogens is 1. The molecule has 0 radical (unpaired) electrons. The molecule has 9 heteroatoms. The van der Waals surface area contributed by atoms with Crippen LogP contribution in [0.3, 0.4) is 0 Å². The van der Waals surface area contributed by atoms with E-state index < -0.39 is 34.3 Å². The van der Waals surface area contributed by atoms with Crippen molar-refractivity contribution in [3.8, 4) is 0 Å². The van der Waals surface area contributed by atoms with E-state index in [-0.39, 0.29) is 17.3 Å². The van der Waals surface area contributed by atoms with E-state index in [1.165, 1.54) is 29.2 Å². The SMILES string of the molecule is CCNC(=O)C(CC)N(Cc1ccc(F)cc1)C(=O)CN(c1cc(C)cc(C)c1)S(=O)(=O)c1ccccc1. The van der Waals surface area contributed by atoms with Gasteiger partial charge >= 0.3 is 0 Å². The summed E-state index contributed by atoms with van der Waals surface area (Å²) in [6.07, 6.45) is 0.313. The number of benzene rings is 3. The second-order valence-electron chi connectivity index (χ2n) is 9.14. The predicted octanol–water partition coefficient (Wildman–Crippen LogP) is 4.58. The number of likely N-dealkylation sites (N-methyl/N-ethyl adjacent to an activating group) is 1. The quantitative estimate of drug-likeness (QED) is 0.387. The molecule has 0 aromatic heterocycles. The number of aryl methyl sites for hydroxylation is 2. The molecular weight excluding hydrogens is 505 g/mol. The van der Waals surface area contributed by atoms with Crippen molar-refractivity contribution in [2.75, 3.05) is 17.4 Å². The molecule has 3 rings (SSSR count). The van der Waals surface area contributed by atoms with Crippen molar-refractivity contribution in [2.45, 2.75) is 51.6 Å². The first-order valence-electron chi connectivity index (χ1n) is 12.5. The zero-order valence-electron chi connectivity index (χ0n) is 22.1. The number of hydrogen-bond acceptors (Lipinski definition) is 4. The number of sulfonamides is 1. The second kappa shape index (κ2) is 12.7. The average molecular weight is 540 g/mol. The first-order valence-corrected chi connectivity index (χ1v) is 14.0. The Bertz CT molecular complexity index is 1340. The zero-order chi connectivity index (χ0) is 27.9. The lowest BCUT2D eigenvalue weighted by atomic mass is 10.1. The molecule has 0 heterocycles. The molecule has 0 saturated heterocycles. The van der Waals surface area contributed by atoms with Crippen molar-refractivity contribution < 1.29 is 22.4 Å². The molecule has 0 saturated carbocycles. The fourth-order valence-electron chi connectivity index (χ4n) is 4.34. The molecule has 0 fully saturated rings. The summed E-state index contributed by atoms with van der Waals surface area (Å²) in [7, 11) is -4.12. The van der Waals surface area contributed by atoms with Crippen molar-refractivity contribution in [2.24, 2.45) is 0 Å². The van der Waals surface area contributed by atoms with Gasteiger partial charge in [0.05, 0.1) is 10.6 Å². The van der Waals surface area contributed by atoms with Gasteiger partial charge in [0.25, 0.3) is 10.0 Å². The number of nitrogens with one attached hydrogen (secondary N) is 1. The topological polar surface area (TPSA) is 86.8 Å². The molecule has 2 amide bonds. The fourth-order valence-corrected chi connectivity index (χ4v) is 5.76. The van der Waals surface area contributed by atoms with E-state index in [0.29, 0.717) is 24.2 Å². The van der Waals surface area contributed by atoms with Crippen LogP contribution < -0.4 is 9.62 Å². The van der Waals surface area contributed by atoms with E-state index in [0.717, 1.165) is 15.4 Å². The Morgan fingerprint density at radius 1 is 0.921 bits per heavy atom. The first-order chi connectivity index (χ1) is 18.1. The van der Waals surface area contributed by atoms with Gasteiger partial charge in [0.1, 0.15) is 18.4 Å². The van der Waals surface area contributed by atoms with Crippen LogP contribution in [-0.2, 0) is 26.2 Å². The van der Waals surface area contributed by atoms with Crippen LogP contribution in [0.1, 0.15) is 37.0 Å². The summed E-state index contributed by atoms with van der Waals surface area (Å²) in [5.41, 5.74) is 2.66. The maximum absolute atomic E-state index is 13.9. The second-order valence-corrected chi connectivity index (χ2v) is 11.0. The number of carbonyl (C=O) groups is 2. The molecule has 1 atom stereocenters. The summed E-state index contributed by atoms with van der Waals surface area (Å²) in [6, 6.07) is 18.1. The Balaban J connectivity index is 2.07. The minimum Gasteiger partial charge on any atom is -0.355 e. The number of rotatable bonds is 11. The Morgan fingerprint density at radius 3 is 2.08 bits per heavy atom. The van der Waals surface area contributed by atoms with Gasteiger partial charge in [0.15, 0.2) is 0 Å². The van der Waals surface area contributed by atoms with Crippen LogP contribution in [0, 0.1) is 19.7 Å². The van der Waals surface area contributed by atoms with Gasteiger partial charge in [0.2, 0.25) is 11.8 Å². The first kappa shape index (κ1) is 28.8. The number of nitrogens with zero attached hydrogens (tertiary/aromatic N) is 2. The van der Waals surface area contributed by atoms with Crippen molar-refractivity contribution in [3.05, 3.63) is 95.3 Å². The summed E-state index contributed by atoms with van der Waals surface area (Å²) < 4.78 is 42.3. The van der Waals surface area contributed by atoms with E-state index in [9.17, 15) is 22.4 Å². The maximum atomic E-state index is 13.9. The van der Waals surface area contributed by atoms with Gasteiger partial charge < -0.3 is 10.2 Å². The average Bonchev–Trinajstić information content (AvgIpc) is 2.88. The number of carbonyl (C=O) groups excluding carboxylic acids is 2. The minimum atomic E-state index is -4.12. The predicted molar refractivity (Wildman–Crippen MR) is 147 cm³/mol. The van der Waals surface area contributed by atoms with Crippen LogP contribution in [-0.4, -0.2) is 44.3 Å². The lowest BCUT2D eigenvalue weighted by Gasteiger charge is -2.33. The molecule has 3 aromatic rings. The monoisotopic (exact) mass is 539 g/mol. The summed E-state index contributed by atoms with van der Waals surface area (Å²) in [4.78, 5) is 28.3. The lowest BCUT2D eigenvalue weighted by molar-refractivity contribution is -0.140. The summed E-state index contributed by atoms with van der Waals surface area (Å²) in [6.45, 7) is 7.16. The van der Waals surface area contributed by atoms with Crippen molar-refractivity contribution in [1.29, 1.82) is 0 Å². The Morgan fingerprint density at radius 2 is 1.53 bits per heavy atom. The molecule has 0 aliphatic rings. The lowest BCUT2D eigenvalue weighted by Crippen LogP contribution is -2.52. The molecule has 202 valence electrons. The van der Waals surface area contributed by atoms with Gasteiger partial charge in [-0.15, -0.1) is 0 Å². The summed E-state index contributed by atoms with van der Waals surface area (Å²) >= 11 is 0. The standard InChI is InChI=1S/C29H34FN3O4S/c1-5-27(29(35)31-6-2)32(19-23-12-14-24(30)15-13-23)28(34)20-33(25-17-21(3)16-22(4)18-25)38(36,37)26-10-8-7-9-11-26/h7-18,27H,5-6,19-20H2,1-4H3,(H,31,35). The van der Waals surface area contributed by atoms with Gasteiger partial charge in [-0.05, 0) is 80.3 Å². The van der Waals surface area contributed by atoms with Crippen molar-refractivity contribution in [1.82, 2.24) is 10.2 Å². The molecular formula is C29H34FN3O4S. The molecule has 3 aromatic carbocycles. The highest BCUT2D eigenvalue weighted by molar-refractivity contribution is 7.92. The van der Waals surface area contributed by atoms with Gasteiger partial charge in [-0.25, -0.2) is 12.8 Å². The zero-order valence-corrected chi connectivity index (χ0v) is 23.0. The third kappa shape index (κ3) is 6.98. The van der Waals surface area contributed by atoms with E-state index in [4.69, 9.17) is 0 Å². The smallest absolute Gasteiger partial charge is 0.264 e. The van der Waals surface area contributed by atoms with Gasteiger partial charge in [-0.1, -0.05) is 43.3 Å². The van der Waals surface area contributed by atoms with Crippen LogP contribution in [0.5, 0.6) is 0 Å². The molecule has 0 aliphatic heterocycles. The van der Waals surface area contributed by atoms with E-state index in [1.807, 2.05) is 19.9 Å². The normalized spacial score (nSPS) is 12.0. The minimum absolute atomic E-state index is 0.0147. The largest absolute Gasteiger partial charge is 0.355 e. The van der Waals surface area contributed by atoms with Crippen LogP contribution in [0.4, 0.5) is 10.1 Å². The van der Waals surface area contributed by atoms with Crippen LogP contribution in [0.15, 0.2) is 77.7 Å². The molecule has 7 nitrogen and oxygen atoms in total. The number of hydrogen-bond donors (Lipinski definition) is 1. The summed E-state index contributed by atoms with van der Waals surface area (Å²) in [5, 5.41) is 2.76. The molecule has 38 heavy (non-hydrogen) atoms. The third-order valence-electron chi connectivity index (χ3n) is 6.11. The maximum Gasteiger partial charge on any atom is 0.264 e. The Hall–Kier alpha value is -3.72. The highest BCUT2D eigenvalue weighted by atomic mass is 32.2. The number of amides is 2. The highest BCUT2D eigenvalue weighted by Gasteiger charge is 2.33. The van der Waals surface area contributed by atoms with Gasteiger partial charge in [0, 0.05) is 13.1 Å². The van der Waals surface area contributed by atoms with Gasteiger partial charge in [-0.2, -0.15) is 0 Å². The van der Waals surface area contributed by atoms with Crippen molar-refractivity contribution in [3.63, 3.8) is 0 Å². The number of anilines is 1. The molecule has 1 unspecified atom stereocenters. The van der Waals surface area contributed by atoms with Crippen LogP contribution in [0.25, 0.3) is 0 Å². The summed E-state index contributed by atoms with van der Waals surface area (Å²) in [5.74, 6) is -1.31. The van der Waals surface area contributed by atoms with Gasteiger partial charge in [-0.3, -0.25) is 13.9 Å². The van der Waals surface area contributed by atoms with Crippen LogP contribution >= 0.6 is 0 Å². The Kier molecular flexibility index (Phi) is 9.63.